The van der Waals surface area contributed by atoms with Crippen LogP contribution in [0.15, 0.2) is 28.7 Å². The first-order valence-electron chi connectivity index (χ1n) is 7.11. The first kappa shape index (κ1) is 15.8. The molecule has 0 atom stereocenters. The number of ether oxygens (including phenoxy) is 1. The number of H-pyrrole nitrogens is 1. The van der Waals surface area contributed by atoms with E-state index in [1.165, 1.54) is 23.1 Å². The van der Waals surface area contributed by atoms with Crippen molar-refractivity contribution in [1.29, 1.82) is 0 Å². The van der Waals surface area contributed by atoms with Crippen molar-refractivity contribution in [1.82, 2.24) is 15.0 Å². The zero-order valence-corrected chi connectivity index (χ0v) is 14.4. The number of thiazole rings is 1. The summed E-state index contributed by atoms with van der Waals surface area (Å²) in [5.41, 5.74) is 2.65. The number of benzene rings is 1. The van der Waals surface area contributed by atoms with Crippen LogP contribution in [0.5, 0.6) is 5.75 Å². The number of nitrogens with one attached hydrogen (secondary N) is 2. The fourth-order valence-corrected chi connectivity index (χ4v) is 3.38. The van der Waals surface area contributed by atoms with E-state index >= 15 is 0 Å². The second kappa shape index (κ2) is 7.01. The van der Waals surface area contributed by atoms with Crippen molar-refractivity contribution in [2.45, 2.75) is 19.0 Å². The van der Waals surface area contributed by atoms with Gasteiger partial charge in [-0.3, -0.25) is 4.79 Å². The second-order valence-electron chi connectivity index (χ2n) is 4.78. The molecule has 120 valence electrons. The summed E-state index contributed by atoms with van der Waals surface area (Å²) in [5.74, 6) is 0.980. The van der Waals surface area contributed by atoms with E-state index in [1.807, 2.05) is 37.4 Å². The number of hydrogen-bond acceptors (Lipinski definition) is 6. The highest BCUT2D eigenvalue weighted by atomic mass is 32.2. The number of rotatable bonds is 6. The molecule has 3 rings (SSSR count). The predicted octanol–water partition coefficient (Wildman–Crippen LogP) is 3.46. The molecule has 0 spiro atoms. The normalized spacial score (nSPS) is 10.9. The van der Waals surface area contributed by atoms with Gasteiger partial charge in [0.2, 0.25) is 5.91 Å². The van der Waals surface area contributed by atoms with Gasteiger partial charge < -0.3 is 15.0 Å². The maximum atomic E-state index is 11.9. The Balaban J connectivity index is 1.61. The van der Waals surface area contributed by atoms with E-state index in [1.54, 1.807) is 0 Å². The van der Waals surface area contributed by atoms with Crippen molar-refractivity contribution in [2.24, 2.45) is 0 Å². The molecule has 8 heteroatoms. The Morgan fingerprint density at radius 1 is 1.43 bits per heavy atom. The van der Waals surface area contributed by atoms with Crippen LogP contribution in [0.1, 0.15) is 12.6 Å². The van der Waals surface area contributed by atoms with Crippen molar-refractivity contribution >= 4 is 45.2 Å². The summed E-state index contributed by atoms with van der Waals surface area (Å²) in [6, 6.07) is 5.70. The van der Waals surface area contributed by atoms with Gasteiger partial charge in [-0.1, -0.05) is 11.8 Å². The van der Waals surface area contributed by atoms with Gasteiger partial charge in [-0.2, -0.15) is 0 Å². The lowest BCUT2D eigenvalue weighted by Crippen LogP contribution is -2.13. The van der Waals surface area contributed by atoms with Gasteiger partial charge in [0.25, 0.3) is 0 Å². The van der Waals surface area contributed by atoms with Crippen molar-refractivity contribution in [3.63, 3.8) is 0 Å². The Morgan fingerprint density at radius 2 is 2.30 bits per heavy atom. The third-order valence-corrected chi connectivity index (χ3v) is 4.70. The molecule has 23 heavy (non-hydrogen) atoms. The lowest BCUT2D eigenvalue weighted by Gasteiger charge is -2.00. The molecule has 0 fully saturated rings. The average Bonchev–Trinajstić information content (AvgIpc) is 3.11. The van der Waals surface area contributed by atoms with Crippen LogP contribution in [0.25, 0.3) is 11.0 Å². The van der Waals surface area contributed by atoms with Crippen molar-refractivity contribution < 1.29 is 9.53 Å². The number of fused-ring (bicyclic) bond motifs is 1. The minimum atomic E-state index is -0.0974. The minimum absolute atomic E-state index is 0.0974. The SMILES string of the molecule is CCOc1ccc2nc(SCC(=O)Nc3nc(C)cs3)[nH]c2c1. The number of hydrogen-bond donors (Lipinski definition) is 2. The van der Waals surface area contributed by atoms with E-state index in [2.05, 4.69) is 20.3 Å². The van der Waals surface area contributed by atoms with E-state index in [9.17, 15) is 4.79 Å². The molecular weight excluding hydrogens is 332 g/mol. The first-order chi connectivity index (χ1) is 11.1. The zero-order chi connectivity index (χ0) is 16.2. The Kier molecular flexibility index (Phi) is 4.82. The van der Waals surface area contributed by atoms with Gasteiger partial charge in [0.05, 0.1) is 29.1 Å². The molecule has 0 radical (unpaired) electrons. The summed E-state index contributed by atoms with van der Waals surface area (Å²) in [6.07, 6.45) is 0. The Hall–Kier alpha value is -2.06. The van der Waals surface area contributed by atoms with Gasteiger partial charge in [-0.15, -0.1) is 11.3 Å². The Bertz CT molecular complexity index is 828. The molecule has 6 nitrogen and oxygen atoms in total. The predicted molar refractivity (Wildman–Crippen MR) is 93.5 cm³/mol. The van der Waals surface area contributed by atoms with Crippen LogP contribution in [0, 0.1) is 6.92 Å². The third kappa shape index (κ3) is 4.02. The van der Waals surface area contributed by atoms with E-state index in [4.69, 9.17) is 4.74 Å². The molecule has 0 aliphatic heterocycles. The summed E-state index contributed by atoms with van der Waals surface area (Å²) >= 11 is 2.78. The Morgan fingerprint density at radius 3 is 3.04 bits per heavy atom. The van der Waals surface area contributed by atoms with Gasteiger partial charge >= 0.3 is 0 Å². The summed E-state index contributed by atoms with van der Waals surface area (Å²) in [4.78, 5) is 23.8. The fourth-order valence-electron chi connectivity index (χ4n) is 1.99. The number of amides is 1. The van der Waals surface area contributed by atoms with Crippen molar-refractivity contribution in [3.05, 3.63) is 29.3 Å². The summed E-state index contributed by atoms with van der Waals surface area (Å²) in [5, 5.41) is 6.01. The maximum Gasteiger partial charge on any atom is 0.236 e. The van der Waals surface area contributed by atoms with E-state index in [-0.39, 0.29) is 11.7 Å². The number of nitrogens with zero attached hydrogens (tertiary/aromatic N) is 2. The zero-order valence-electron chi connectivity index (χ0n) is 12.8. The quantitative estimate of drug-likeness (QED) is 0.667. The summed E-state index contributed by atoms with van der Waals surface area (Å²) < 4.78 is 5.47. The lowest BCUT2D eigenvalue weighted by atomic mass is 10.3. The minimum Gasteiger partial charge on any atom is -0.494 e. The van der Waals surface area contributed by atoms with E-state index < -0.39 is 0 Å². The lowest BCUT2D eigenvalue weighted by molar-refractivity contribution is -0.113. The number of carbonyl (C=O) groups excluding carboxylic acids is 1. The molecule has 0 aliphatic rings. The molecule has 2 N–H and O–H groups in total. The third-order valence-electron chi connectivity index (χ3n) is 2.95. The van der Waals surface area contributed by atoms with Gasteiger partial charge in [0.15, 0.2) is 10.3 Å². The average molecular weight is 348 g/mol. The summed E-state index contributed by atoms with van der Waals surface area (Å²) in [7, 11) is 0. The second-order valence-corrected chi connectivity index (χ2v) is 6.61. The van der Waals surface area contributed by atoms with Gasteiger partial charge in [-0.05, 0) is 26.0 Å². The number of aryl methyl sites for hydroxylation is 1. The molecule has 3 aromatic rings. The molecule has 0 saturated heterocycles. The van der Waals surface area contributed by atoms with Crippen LogP contribution in [0.2, 0.25) is 0 Å². The molecule has 0 bridgehead atoms. The smallest absolute Gasteiger partial charge is 0.236 e. The number of anilines is 1. The van der Waals surface area contributed by atoms with Crippen molar-refractivity contribution in [2.75, 3.05) is 17.7 Å². The molecule has 1 aromatic carbocycles. The maximum absolute atomic E-state index is 11.9. The largest absolute Gasteiger partial charge is 0.494 e. The van der Waals surface area contributed by atoms with Gasteiger partial charge in [-0.25, -0.2) is 9.97 Å². The first-order valence-corrected chi connectivity index (χ1v) is 8.98. The van der Waals surface area contributed by atoms with Crippen LogP contribution in [-0.4, -0.2) is 33.2 Å². The molecule has 0 saturated carbocycles. The number of thioether (sulfide) groups is 1. The molecular formula is C15H16N4O2S2. The molecule has 1 amide bonds. The van der Waals surface area contributed by atoms with E-state index in [0.29, 0.717) is 16.9 Å². The number of aromatic nitrogens is 3. The van der Waals surface area contributed by atoms with Crippen LogP contribution in [0.3, 0.4) is 0 Å². The highest BCUT2D eigenvalue weighted by Gasteiger charge is 2.09. The van der Waals surface area contributed by atoms with Crippen LogP contribution < -0.4 is 10.1 Å². The topological polar surface area (TPSA) is 79.9 Å². The number of aromatic amines is 1. The fraction of sp³-hybridized carbons (Fsp3) is 0.267. The highest BCUT2D eigenvalue weighted by Crippen LogP contribution is 2.23. The summed E-state index contributed by atoms with van der Waals surface area (Å²) in [6.45, 7) is 4.46. The standard InChI is InChI=1S/C15H16N4O2S2/c1-3-21-10-4-5-11-12(6-10)18-15(17-11)23-8-13(20)19-14-16-9(2)7-22-14/h4-7H,3,8H2,1-2H3,(H,17,18)(H,16,19,20). The van der Waals surface area contributed by atoms with Gasteiger partial charge in [0.1, 0.15) is 5.75 Å². The monoisotopic (exact) mass is 348 g/mol. The number of carbonyl (C=O) groups is 1. The molecule has 2 heterocycles. The van der Waals surface area contributed by atoms with Crippen molar-refractivity contribution in [3.8, 4) is 5.75 Å². The molecule has 2 aromatic heterocycles. The molecule has 0 aliphatic carbocycles. The Labute approximate surface area is 141 Å². The molecule has 0 unspecified atom stereocenters. The number of imidazole rings is 1. The van der Waals surface area contributed by atoms with Gasteiger partial charge in [0, 0.05) is 11.4 Å². The highest BCUT2D eigenvalue weighted by molar-refractivity contribution is 7.99. The van der Waals surface area contributed by atoms with Crippen LogP contribution in [-0.2, 0) is 4.79 Å². The van der Waals surface area contributed by atoms with Crippen LogP contribution in [0.4, 0.5) is 5.13 Å². The van der Waals surface area contributed by atoms with E-state index in [0.717, 1.165) is 22.5 Å². The van der Waals surface area contributed by atoms with Crippen LogP contribution >= 0.6 is 23.1 Å².